The van der Waals surface area contributed by atoms with E-state index in [0.29, 0.717) is 11.1 Å². The van der Waals surface area contributed by atoms with Crippen LogP contribution in [0.15, 0.2) is 0 Å². The van der Waals surface area contributed by atoms with E-state index in [4.69, 9.17) is 0 Å². The van der Waals surface area contributed by atoms with Crippen LogP contribution in [0.5, 0.6) is 0 Å². The van der Waals surface area contributed by atoms with Gasteiger partial charge in [-0.15, -0.1) is 0 Å². The molecule has 4 fully saturated rings. The molecule has 0 amide bonds. The van der Waals surface area contributed by atoms with E-state index in [1.807, 2.05) is 0 Å². The number of likely N-dealkylation sites (tertiary alicyclic amines) is 2. The number of hydrogen-bond acceptors (Lipinski definition) is 4. The third-order valence-electron chi connectivity index (χ3n) is 8.17. The maximum absolute atomic E-state index is 2.85. The van der Waals surface area contributed by atoms with Gasteiger partial charge in [0.1, 0.15) is 0 Å². The van der Waals surface area contributed by atoms with E-state index in [1.54, 1.807) is 0 Å². The fourth-order valence-electron chi connectivity index (χ4n) is 6.23. The molecule has 4 nitrogen and oxygen atoms in total. The number of nitrogens with zero attached hydrogens (tertiary/aromatic N) is 4. The quantitative estimate of drug-likeness (QED) is 0.734. The normalized spacial score (nSPS) is 38.0. The lowest BCUT2D eigenvalue weighted by Crippen LogP contribution is -2.54. The predicted octanol–water partition coefficient (Wildman–Crippen LogP) is 2.99. The molecule has 0 aromatic heterocycles. The minimum atomic E-state index is 0.332. The summed E-state index contributed by atoms with van der Waals surface area (Å²) in [7, 11) is 0. The smallest absolute Gasteiger partial charge is 0.0236 e. The van der Waals surface area contributed by atoms with E-state index in [2.05, 4.69) is 61.1 Å². The Balaban J connectivity index is 1.23. The number of piperazine rings is 1. The standard InChI is InChI=1S/C23H44N4/c1-22(2,3)26-8-7-20(17-26)24-9-11-25(12-10-24)21-13-18-15-27(23(4,5)6)16-19(18)14-21/h18-21H,7-17H2,1-6H3. The van der Waals surface area contributed by atoms with Crippen LogP contribution < -0.4 is 0 Å². The van der Waals surface area contributed by atoms with Crippen LogP contribution in [-0.4, -0.2) is 95.1 Å². The molecule has 3 aliphatic heterocycles. The second kappa shape index (κ2) is 7.27. The molecule has 4 rings (SSSR count). The fraction of sp³-hybridized carbons (Fsp3) is 1.00. The molecule has 3 heterocycles. The third kappa shape index (κ3) is 4.24. The lowest BCUT2D eigenvalue weighted by molar-refractivity contribution is 0.0614. The van der Waals surface area contributed by atoms with Gasteiger partial charge in [0, 0.05) is 75.5 Å². The van der Waals surface area contributed by atoms with Gasteiger partial charge in [0.15, 0.2) is 0 Å². The molecule has 4 aliphatic rings. The first-order valence-corrected chi connectivity index (χ1v) is 11.6. The molecule has 27 heavy (non-hydrogen) atoms. The minimum absolute atomic E-state index is 0.332. The predicted molar refractivity (Wildman–Crippen MR) is 114 cm³/mol. The summed E-state index contributed by atoms with van der Waals surface area (Å²) in [6, 6.07) is 1.67. The zero-order valence-corrected chi connectivity index (χ0v) is 18.9. The van der Waals surface area contributed by atoms with Crippen molar-refractivity contribution in [2.75, 3.05) is 52.4 Å². The van der Waals surface area contributed by atoms with Crippen molar-refractivity contribution >= 4 is 0 Å². The summed E-state index contributed by atoms with van der Waals surface area (Å²) in [5, 5.41) is 0. The maximum atomic E-state index is 2.85. The monoisotopic (exact) mass is 376 g/mol. The van der Waals surface area contributed by atoms with Gasteiger partial charge in [-0.05, 0) is 72.6 Å². The van der Waals surface area contributed by atoms with Crippen molar-refractivity contribution in [2.45, 2.75) is 84.0 Å². The van der Waals surface area contributed by atoms with Gasteiger partial charge in [-0.2, -0.15) is 0 Å². The molecule has 0 bridgehead atoms. The Morgan fingerprint density at radius 3 is 1.48 bits per heavy atom. The van der Waals surface area contributed by atoms with Gasteiger partial charge in [-0.3, -0.25) is 19.6 Å². The van der Waals surface area contributed by atoms with Crippen molar-refractivity contribution in [1.82, 2.24) is 19.6 Å². The summed E-state index contributed by atoms with van der Waals surface area (Å²) in [5.41, 5.74) is 0.687. The van der Waals surface area contributed by atoms with Gasteiger partial charge in [0.25, 0.3) is 0 Å². The third-order valence-corrected chi connectivity index (χ3v) is 8.17. The van der Waals surface area contributed by atoms with Crippen molar-refractivity contribution < 1.29 is 0 Å². The Morgan fingerprint density at radius 1 is 0.556 bits per heavy atom. The Labute approximate surface area is 168 Å². The van der Waals surface area contributed by atoms with E-state index in [1.165, 1.54) is 71.6 Å². The van der Waals surface area contributed by atoms with Crippen LogP contribution in [0.4, 0.5) is 0 Å². The molecular formula is C23H44N4. The molecule has 0 aromatic rings. The lowest BCUT2D eigenvalue weighted by atomic mass is 10.0. The summed E-state index contributed by atoms with van der Waals surface area (Å²) < 4.78 is 0. The second-order valence-electron chi connectivity index (χ2n) is 11.9. The van der Waals surface area contributed by atoms with Crippen molar-refractivity contribution in [1.29, 1.82) is 0 Å². The summed E-state index contributed by atoms with van der Waals surface area (Å²) in [6.45, 7) is 24.7. The lowest BCUT2D eigenvalue weighted by Gasteiger charge is -2.41. The molecule has 3 atom stereocenters. The number of hydrogen-bond donors (Lipinski definition) is 0. The number of fused-ring (bicyclic) bond motifs is 1. The molecule has 1 aliphatic carbocycles. The first-order valence-electron chi connectivity index (χ1n) is 11.6. The first-order chi connectivity index (χ1) is 12.6. The van der Waals surface area contributed by atoms with E-state index in [-0.39, 0.29) is 0 Å². The highest BCUT2D eigenvalue weighted by Crippen LogP contribution is 2.42. The van der Waals surface area contributed by atoms with E-state index < -0.39 is 0 Å². The minimum Gasteiger partial charge on any atom is -0.298 e. The highest BCUT2D eigenvalue weighted by Gasteiger charge is 2.45. The molecule has 0 N–H and O–H groups in total. The number of rotatable bonds is 2. The Kier molecular flexibility index (Phi) is 5.42. The molecule has 0 aromatic carbocycles. The van der Waals surface area contributed by atoms with Crippen LogP contribution in [-0.2, 0) is 0 Å². The van der Waals surface area contributed by atoms with E-state index >= 15 is 0 Å². The Hall–Kier alpha value is -0.160. The second-order valence-corrected chi connectivity index (χ2v) is 11.9. The fourth-order valence-corrected chi connectivity index (χ4v) is 6.23. The topological polar surface area (TPSA) is 13.0 Å². The largest absolute Gasteiger partial charge is 0.298 e. The summed E-state index contributed by atoms with van der Waals surface area (Å²) in [4.78, 5) is 11.1. The van der Waals surface area contributed by atoms with Crippen LogP contribution in [0.3, 0.4) is 0 Å². The maximum Gasteiger partial charge on any atom is 0.0236 e. The first kappa shape index (κ1) is 20.1. The van der Waals surface area contributed by atoms with Crippen LogP contribution in [0.1, 0.15) is 60.8 Å². The van der Waals surface area contributed by atoms with Crippen molar-refractivity contribution in [3.63, 3.8) is 0 Å². The highest BCUT2D eigenvalue weighted by atomic mass is 15.3. The van der Waals surface area contributed by atoms with E-state index in [0.717, 1.165) is 23.9 Å². The van der Waals surface area contributed by atoms with Crippen LogP contribution in [0.2, 0.25) is 0 Å². The van der Waals surface area contributed by atoms with Gasteiger partial charge in [0.2, 0.25) is 0 Å². The summed E-state index contributed by atoms with van der Waals surface area (Å²) in [6.07, 6.45) is 4.28. The molecule has 4 heteroatoms. The van der Waals surface area contributed by atoms with Crippen molar-refractivity contribution in [2.24, 2.45) is 11.8 Å². The van der Waals surface area contributed by atoms with Gasteiger partial charge in [0.05, 0.1) is 0 Å². The van der Waals surface area contributed by atoms with Crippen LogP contribution in [0.25, 0.3) is 0 Å². The van der Waals surface area contributed by atoms with Crippen LogP contribution >= 0.6 is 0 Å². The molecule has 3 saturated heterocycles. The van der Waals surface area contributed by atoms with Gasteiger partial charge >= 0.3 is 0 Å². The molecular weight excluding hydrogens is 332 g/mol. The van der Waals surface area contributed by atoms with Gasteiger partial charge in [-0.1, -0.05) is 0 Å². The molecule has 0 spiro atoms. The van der Waals surface area contributed by atoms with Crippen molar-refractivity contribution in [3.8, 4) is 0 Å². The average Bonchev–Trinajstić information content (AvgIpc) is 3.28. The molecule has 3 unspecified atom stereocenters. The average molecular weight is 377 g/mol. The molecule has 1 saturated carbocycles. The Bertz CT molecular complexity index is 497. The van der Waals surface area contributed by atoms with Gasteiger partial charge in [-0.25, -0.2) is 0 Å². The van der Waals surface area contributed by atoms with E-state index in [9.17, 15) is 0 Å². The summed E-state index contributed by atoms with van der Waals surface area (Å²) >= 11 is 0. The Morgan fingerprint density at radius 2 is 1.04 bits per heavy atom. The molecule has 0 radical (unpaired) electrons. The highest BCUT2D eigenvalue weighted by molar-refractivity contribution is 5.00. The van der Waals surface area contributed by atoms with Crippen molar-refractivity contribution in [3.05, 3.63) is 0 Å². The van der Waals surface area contributed by atoms with Crippen LogP contribution in [0, 0.1) is 11.8 Å². The zero-order valence-electron chi connectivity index (χ0n) is 18.9. The SMILES string of the molecule is CC(C)(C)N1CC2CC(N3CCN(C4CCN(C(C)(C)C)C4)CC3)CC2C1. The zero-order chi connectivity index (χ0) is 19.4. The molecule has 156 valence electrons. The summed E-state index contributed by atoms with van der Waals surface area (Å²) in [5.74, 6) is 1.92. The van der Waals surface area contributed by atoms with Gasteiger partial charge < -0.3 is 0 Å².